The molecule has 0 fully saturated rings. The van der Waals surface area contributed by atoms with Crippen molar-refractivity contribution in [2.45, 2.75) is 0 Å². The lowest BCUT2D eigenvalue weighted by atomic mass is 9.95. The zero-order chi connectivity index (χ0) is 45.4. The second kappa shape index (κ2) is 15.6. The predicted octanol–water partition coefficient (Wildman–Crippen LogP) is 15.8. The average Bonchev–Trinajstić information content (AvgIpc) is 4.07. The Balaban J connectivity index is 1.11. The summed E-state index contributed by atoms with van der Waals surface area (Å²) in [5, 5.41) is 6.88. The molecule has 0 saturated heterocycles. The van der Waals surface area contributed by atoms with Crippen molar-refractivity contribution in [2.75, 3.05) is 0 Å². The second-order valence-electron chi connectivity index (χ2n) is 17.6. The van der Waals surface area contributed by atoms with Crippen molar-refractivity contribution in [1.82, 2.24) is 28.7 Å². The molecule has 0 saturated carbocycles. The molecule has 0 aliphatic carbocycles. The summed E-state index contributed by atoms with van der Waals surface area (Å²) < 4.78 is 7.13. The summed E-state index contributed by atoms with van der Waals surface area (Å²) in [4.78, 5) is 16.3. The van der Waals surface area contributed by atoms with E-state index in [1.807, 2.05) is 18.2 Å². The fourth-order valence-electron chi connectivity index (χ4n) is 10.7. The molecule has 0 radical (unpaired) electrons. The van der Waals surface area contributed by atoms with Gasteiger partial charge in [0.2, 0.25) is 5.95 Å². The number of aromatic nitrogens is 6. The van der Waals surface area contributed by atoms with Crippen molar-refractivity contribution in [3.63, 3.8) is 0 Å². The predicted molar refractivity (Wildman–Crippen MR) is 285 cm³/mol. The van der Waals surface area contributed by atoms with Gasteiger partial charge in [0.1, 0.15) is 0 Å². The lowest BCUT2D eigenvalue weighted by Gasteiger charge is -2.20. The lowest BCUT2D eigenvalue weighted by molar-refractivity contribution is 0.953. The average molecular weight is 881 g/mol. The number of benzene rings is 10. The summed E-state index contributed by atoms with van der Waals surface area (Å²) in [5.41, 5.74) is 15.0. The molecule has 6 nitrogen and oxygen atoms in total. The van der Waals surface area contributed by atoms with Crippen LogP contribution in [0.4, 0.5) is 0 Å². The Bertz CT molecular complexity index is 4230. The SMILES string of the molecule is c1ccc(-c2nc(-c3ccc4c5ccccc5n(-c5ccccc5)c4c3)nc(-n3c4ccccc4c4ccc5c6ccccc6n(-c6c(-c7ccccc7)cccc6-c6ccccc6)c5c43)n2)cc1. The molecule has 14 rings (SSSR count). The Morgan fingerprint density at radius 1 is 0.261 bits per heavy atom. The molecule has 6 heteroatoms. The third kappa shape index (κ3) is 6.09. The second-order valence-corrected chi connectivity index (χ2v) is 17.6. The maximum Gasteiger partial charge on any atom is 0.238 e. The van der Waals surface area contributed by atoms with Crippen LogP contribution in [0, 0.1) is 0 Å². The molecular formula is C63H40N6. The molecule has 322 valence electrons. The van der Waals surface area contributed by atoms with Crippen LogP contribution in [0.15, 0.2) is 243 Å². The smallest absolute Gasteiger partial charge is 0.238 e. The quantitative estimate of drug-likeness (QED) is 0.160. The maximum absolute atomic E-state index is 5.55. The standard InChI is InChI=1S/C63H40N6/c1-5-20-41(21-6-1)46-31-19-32-47(42-22-7-2-8-23-42)58(46)68-55-34-17-14-29-49(55)52-38-39-53-50-30-15-18-35-56(50)69(60(53)59(52)68)63-65-61(43-24-9-3-10-25-43)64-62(66-63)44-36-37-51-48-28-13-16-33-54(48)67(57(51)40-44)45-26-11-4-12-27-45/h1-40H. The van der Waals surface area contributed by atoms with Gasteiger partial charge in [-0.15, -0.1) is 0 Å². The third-order valence-corrected chi connectivity index (χ3v) is 13.7. The number of hydrogen-bond acceptors (Lipinski definition) is 3. The minimum Gasteiger partial charge on any atom is -0.309 e. The van der Waals surface area contributed by atoms with Crippen LogP contribution in [0.5, 0.6) is 0 Å². The van der Waals surface area contributed by atoms with Gasteiger partial charge >= 0.3 is 0 Å². The summed E-state index contributed by atoms with van der Waals surface area (Å²) in [7, 11) is 0. The van der Waals surface area contributed by atoms with Crippen molar-refractivity contribution < 1.29 is 0 Å². The van der Waals surface area contributed by atoms with Crippen LogP contribution < -0.4 is 0 Å². The summed E-state index contributed by atoms with van der Waals surface area (Å²) in [5.74, 6) is 1.72. The zero-order valence-corrected chi connectivity index (χ0v) is 37.3. The molecule has 69 heavy (non-hydrogen) atoms. The van der Waals surface area contributed by atoms with Crippen LogP contribution in [0.25, 0.3) is 128 Å². The molecule has 0 aliphatic rings. The fourth-order valence-corrected chi connectivity index (χ4v) is 10.7. The molecule has 4 aromatic heterocycles. The Hall–Kier alpha value is -9.39. The Labute approximate surface area is 397 Å². The molecule has 0 unspecified atom stereocenters. The van der Waals surface area contributed by atoms with Gasteiger partial charge in [-0.1, -0.05) is 206 Å². The van der Waals surface area contributed by atoms with Gasteiger partial charge in [-0.25, -0.2) is 4.98 Å². The Kier molecular flexibility index (Phi) is 8.79. The van der Waals surface area contributed by atoms with Crippen molar-refractivity contribution in [3.05, 3.63) is 243 Å². The maximum atomic E-state index is 5.55. The molecular weight excluding hydrogens is 841 g/mol. The van der Waals surface area contributed by atoms with E-state index in [9.17, 15) is 0 Å². The number of nitrogens with zero attached hydrogens (tertiary/aromatic N) is 6. The first-order chi connectivity index (χ1) is 34.3. The third-order valence-electron chi connectivity index (χ3n) is 13.7. The normalized spacial score (nSPS) is 11.8. The largest absolute Gasteiger partial charge is 0.309 e. The molecule has 0 N–H and O–H groups in total. The van der Waals surface area contributed by atoms with Gasteiger partial charge in [-0.2, -0.15) is 9.97 Å². The van der Waals surface area contributed by atoms with Crippen molar-refractivity contribution >= 4 is 65.4 Å². The summed E-state index contributed by atoms with van der Waals surface area (Å²) in [6.45, 7) is 0. The number of fused-ring (bicyclic) bond motifs is 10. The van der Waals surface area contributed by atoms with E-state index in [4.69, 9.17) is 15.0 Å². The van der Waals surface area contributed by atoms with Crippen LogP contribution in [0.3, 0.4) is 0 Å². The Morgan fingerprint density at radius 3 is 1.26 bits per heavy atom. The highest BCUT2D eigenvalue weighted by Crippen LogP contribution is 2.46. The number of rotatable bonds is 7. The van der Waals surface area contributed by atoms with E-state index < -0.39 is 0 Å². The van der Waals surface area contributed by atoms with Gasteiger partial charge in [-0.3, -0.25) is 4.57 Å². The minimum atomic E-state index is 0.540. The first-order valence-electron chi connectivity index (χ1n) is 23.4. The fraction of sp³-hybridized carbons (Fsp3) is 0. The van der Waals surface area contributed by atoms with Crippen LogP contribution in [-0.2, 0) is 0 Å². The molecule has 0 spiro atoms. The number of hydrogen-bond donors (Lipinski definition) is 0. The van der Waals surface area contributed by atoms with E-state index in [0.29, 0.717) is 17.6 Å². The van der Waals surface area contributed by atoms with Gasteiger partial charge in [0.15, 0.2) is 11.6 Å². The topological polar surface area (TPSA) is 53.5 Å². The molecule has 10 aromatic carbocycles. The first-order valence-corrected chi connectivity index (χ1v) is 23.4. The molecule has 0 bridgehead atoms. The van der Waals surface area contributed by atoms with E-state index in [-0.39, 0.29) is 0 Å². The van der Waals surface area contributed by atoms with Crippen molar-refractivity contribution in [2.24, 2.45) is 0 Å². The zero-order valence-electron chi connectivity index (χ0n) is 37.3. The highest BCUT2D eigenvalue weighted by Gasteiger charge is 2.26. The van der Waals surface area contributed by atoms with E-state index in [1.165, 1.54) is 10.8 Å². The van der Waals surface area contributed by atoms with Gasteiger partial charge < -0.3 is 9.13 Å². The van der Waals surface area contributed by atoms with Crippen LogP contribution in [-0.4, -0.2) is 28.7 Å². The van der Waals surface area contributed by atoms with Gasteiger partial charge in [-0.05, 0) is 47.5 Å². The molecule has 0 aliphatic heterocycles. The molecule has 0 atom stereocenters. The molecule has 0 amide bonds. The first kappa shape index (κ1) is 38.8. The minimum absolute atomic E-state index is 0.540. The van der Waals surface area contributed by atoms with Crippen LogP contribution >= 0.6 is 0 Å². The van der Waals surface area contributed by atoms with Crippen LogP contribution in [0.2, 0.25) is 0 Å². The van der Waals surface area contributed by atoms with Gasteiger partial charge in [0, 0.05) is 60.3 Å². The Morgan fingerprint density at radius 2 is 0.681 bits per heavy atom. The highest BCUT2D eigenvalue weighted by molar-refractivity contribution is 6.24. The summed E-state index contributed by atoms with van der Waals surface area (Å²) in [6.07, 6.45) is 0. The molecule has 14 aromatic rings. The summed E-state index contributed by atoms with van der Waals surface area (Å²) in [6, 6.07) is 86.3. The van der Waals surface area contributed by atoms with E-state index >= 15 is 0 Å². The number of para-hydroxylation sites is 5. The lowest BCUT2D eigenvalue weighted by Crippen LogP contribution is -2.07. The summed E-state index contributed by atoms with van der Waals surface area (Å²) >= 11 is 0. The van der Waals surface area contributed by atoms with Gasteiger partial charge in [0.05, 0.1) is 38.8 Å². The highest BCUT2D eigenvalue weighted by atomic mass is 15.2. The van der Waals surface area contributed by atoms with E-state index in [0.717, 1.165) is 99.4 Å². The van der Waals surface area contributed by atoms with E-state index in [2.05, 4.69) is 238 Å². The van der Waals surface area contributed by atoms with Crippen LogP contribution in [0.1, 0.15) is 0 Å². The van der Waals surface area contributed by atoms with E-state index in [1.54, 1.807) is 0 Å². The monoisotopic (exact) mass is 880 g/mol. The van der Waals surface area contributed by atoms with Crippen molar-refractivity contribution in [3.8, 4) is 62.4 Å². The molecule has 4 heterocycles. The van der Waals surface area contributed by atoms with Gasteiger partial charge in [0.25, 0.3) is 0 Å². The van der Waals surface area contributed by atoms with Crippen molar-refractivity contribution in [1.29, 1.82) is 0 Å².